The van der Waals surface area contributed by atoms with Gasteiger partial charge in [0.2, 0.25) is 0 Å². The summed E-state index contributed by atoms with van der Waals surface area (Å²) in [5.41, 5.74) is 2.69. The fourth-order valence-corrected chi connectivity index (χ4v) is 2.49. The summed E-state index contributed by atoms with van der Waals surface area (Å²) < 4.78 is 0. The fraction of sp³-hybridized carbons (Fsp3) is 0.294. The Bertz CT molecular complexity index is 491. The molecule has 2 nitrogen and oxygen atoms in total. The smallest absolute Gasteiger partial charge is 0.0429 e. The average molecular weight is 252 g/mol. The van der Waals surface area contributed by atoms with E-state index in [1.807, 2.05) is 0 Å². The highest BCUT2D eigenvalue weighted by atomic mass is 15.1. The SMILES string of the molecule is c1ccc(CN(CC2CNC2)c2ccccc2)cc1. The molecule has 0 amide bonds. The third-order valence-electron chi connectivity index (χ3n) is 3.68. The molecule has 0 unspecified atom stereocenters. The van der Waals surface area contributed by atoms with Gasteiger partial charge in [-0.15, -0.1) is 0 Å². The predicted octanol–water partition coefficient (Wildman–Crippen LogP) is 2.91. The second-order valence-corrected chi connectivity index (χ2v) is 5.23. The maximum atomic E-state index is 3.36. The van der Waals surface area contributed by atoms with Crippen LogP contribution >= 0.6 is 0 Å². The summed E-state index contributed by atoms with van der Waals surface area (Å²) in [5, 5.41) is 3.36. The number of nitrogens with one attached hydrogen (secondary N) is 1. The zero-order valence-electron chi connectivity index (χ0n) is 11.1. The number of nitrogens with zero attached hydrogens (tertiary/aromatic N) is 1. The standard InChI is InChI=1S/C17H20N2/c1-3-7-15(8-4-1)13-19(14-16-11-18-12-16)17-9-5-2-6-10-17/h1-10,16,18H,11-14H2. The van der Waals surface area contributed by atoms with Crippen molar-refractivity contribution in [1.82, 2.24) is 5.32 Å². The molecule has 2 aromatic rings. The van der Waals surface area contributed by atoms with E-state index in [-0.39, 0.29) is 0 Å². The highest BCUT2D eigenvalue weighted by Crippen LogP contribution is 2.19. The van der Waals surface area contributed by atoms with E-state index in [0.717, 1.165) is 32.1 Å². The van der Waals surface area contributed by atoms with Crippen LogP contribution in [0.3, 0.4) is 0 Å². The molecule has 1 saturated heterocycles. The lowest BCUT2D eigenvalue weighted by Crippen LogP contribution is -2.48. The van der Waals surface area contributed by atoms with Gasteiger partial charge >= 0.3 is 0 Å². The minimum atomic E-state index is 0.781. The van der Waals surface area contributed by atoms with Crippen LogP contribution in [0.15, 0.2) is 60.7 Å². The van der Waals surface area contributed by atoms with E-state index in [1.54, 1.807) is 0 Å². The molecule has 0 aliphatic carbocycles. The largest absolute Gasteiger partial charge is 0.367 e. The Morgan fingerprint density at radius 1 is 0.895 bits per heavy atom. The Morgan fingerprint density at radius 3 is 2.11 bits per heavy atom. The van der Waals surface area contributed by atoms with Crippen LogP contribution in [0.4, 0.5) is 5.69 Å². The maximum absolute atomic E-state index is 3.36. The minimum absolute atomic E-state index is 0.781. The van der Waals surface area contributed by atoms with Crippen LogP contribution in [0.25, 0.3) is 0 Å². The van der Waals surface area contributed by atoms with Gasteiger partial charge in [-0.1, -0.05) is 48.5 Å². The van der Waals surface area contributed by atoms with Crippen molar-refractivity contribution in [3.8, 4) is 0 Å². The van der Waals surface area contributed by atoms with Crippen molar-refractivity contribution >= 4 is 5.69 Å². The van der Waals surface area contributed by atoms with Crippen molar-refractivity contribution in [2.45, 2.75) is 6.54 Å². The van der Waals surface area contributed by atoms with Crippen LogP contribution in [0.1, 0.15) is 5.56 Å². The molecule has 3 rings (SSSR count). The summed E-state index contributed by atoms with van der Waals surface area (Å²) in [7, 11) is 0. The van der Waals surface area contributed by atoms with E-state index in [0.29, 0.717) is 0 Å². The lowest BCUT2D eigenvalue weighted by molar-refractivity contribution is 0.348. The zero-order valence-corrected chi connectivity index (χ0v) is 11.1. The van der Waals surface area contributed by atoms with Crippen molar-refractivity contribution in [1.29, 1.82) is 0 Å². The van der Waals surface area contributed by atoms with Gasteiger partial charge in [0.05, 0.1) is 0 Å². The Kier molecular flexibility index (Phi) is 3.80. The van der Waals surface area contributed by atoms with Gasteiger partial charge in [-0.2, -0.15) is 0 Å². The molecule has 2 heteroatoms. The van der Waals surface area contributed by atoms with Gasteiger partial charge in [0.25, 0.3) is 0 Å². The second-order valence-electron chi connectivity index (χ2n) is 5.23. The first kappa shape index (κ1) is 12.2. The van der Waals surface area contributed by atoms with Crippen molar-refractivity contribution in [3.05, 3.63) is 66.2 Å². The van der Waals surface area contributed by atoms with E-state index in [2.05, 4.69) is 70.9 Å². The van der Waals surface area contributed by atoms with Crippen LogP contribution < -0.4 is 10.2 Å². The minimum Gasteiger partial charge on any atom is -0.367 e. The molecule has 0 saturated carbocycles. The van der Waals surface area contributed by atoms with Crippen LogP contribution in [-0.4, -0.2) is 19.6 Å². The fourth-order valence-electron chi connectivity index (χ4n) is 2.49. The number of benzene rings is 2. The summed E-state index contributed by atoms with van der Waals surface area (Å²) in [6.45, 7) is 4.42. The summed E-state index contributed by atoms with van der Waals surface area (Å²) in [4.78, 5) is 2.49. The van der Waals surface area contributed by atoms with Gasteiger partial charge in [0.1, 0.15) is 0 Å². The Labute approximate surface area is 115 Å². The molecule has 0 radical (unpaired) electrons. The first-order valence-corrected chi connectivity index (χ1v) is 6.96. The van der Waals surface area contributed by atoms with Gasteiger partial charge in [0, 0.05) is 37.8 Å². The molecule has 1 heterocycles. The zero-order chi connectivity index (χ0) is 12.9. The quantitative estimate of drug-likeness (QED) is 0.880. The predicted molar refractivity (Wildman–Crippen MR) is 80.3 cm³/mol. The molecule has 1 aliphatic rings. The first-order chi connectivity index (χ1) is 9.42. The molecule has 1 fully saturated rings. The number of hydrogen-bond acceptors (Lipinski definition) is 2. The molecule has 19 heavy (non-hydrogen) atoms. The Hall–Kier alpha value is -1.80. The lowest BCUT2D eigenvalue weighted by Gasteiger charge is -2.34. The topological polar surface area (TPSA) is 15.3 Å². The maximum Gasteiger partial charge on any atom is 0.0429 e. The first-order valence-electron chi connectivity index (χ1n) is 6.96. The van der Waals surface area contributed by atoms with Crippen molar-refractivity contribution < 1.29 is 0 Å². The van der Waals surface area contributed by atoms with Crippen molar-refractivity contribution in [3.63, 3.8) is 0 Å². The van der Waals surface area contributed by atoms with Gasteiger partial charge in [-0.05, 0) is 17.7 Å². The molecule has 1 aliphatic heterocycles. The molecular formula is C17H20N2. The third-order valence-corrected chi connectivity index (χ3v) is 3.68. The van der Waals surface area contributed by atoms with Gasteiger partial charge in [-0.3, -0.25) is 0 Å². The molecule has 0 aromatic heterocycles. The van der Waals surface area contributed by atoms with E-state index in [1.165, 1.54) is 11.3 Å². The number of para-hydroxylation sites is 1. The van der Waals surface area contributed by atoms with E-state index in [9.17, 15) is 0 Å². The second kappa shape index (κ2) is 5.89. The summed E-state index contributed by atoms with van der Waals surface area (Å²) in [5.74, 6) is 0.781. The monoisotopic (exact) mass is 252 g/mol. The van der Waals surface area contributed by atoms with E-state index < -0.39 is 0 Å². The molecule has 0 bridgehead atoms. The van der Waals surface area contributed by atoms with Crippen molar-refractivity contribution in [2.75, 3.05) is 24.5 Å². The molecule has 2 aromatic carbocycles. The molecule has 0 atom stereocenters. The van der Waals surface area contributed by atoms with Crippen LogP contribution in [0, 0.1) is 5.92 Å². The molecule has 1 N–H and O–H groups in total. The summed E-state index contributed by atoms with van der Waals surface area (Å²) >= 11 is 0. The highest BCUT2D eigenvalue weighted by Gasteiger charge is 2.20. The number of anilines is 1. The highest BCUT2D eigenvalue weighted by molar-refractivity contribution is 5.46. The van der Waals surface area contributed by atoms with E-state index >= 15 is 0 Å². The van der Waals surface area contributed by atoms with Gasteiger partial charge < -0.3 is 10.2 Å². The normalized spacial score (nSPS) is 14.9. The van der Waals surface area contributed by atoms with Crippen molar-refractivity contribution in [2.24, 2.45) is 5.92 Å². The Morgan fingerprint density at radius 2 is 1.53 bits per heavy atom. The Balaban J connectivity index is 1.75. The number of rotatable bonds is 5. The lowest BCUT2D eigenvalue weighted by atomic mass is 10.0. The summed E-state index contributed by atoms with van der Waals surface area (Å²) in [6.07, 6.45) is 0. The number of hydrogen-bond donors (Lipinski definition) is 1. The van der Waals surface area contributed by atoms with Crippen LogP contribution in [0.2, 0.25) is 0 Å². The molecular weight excluding hydrogens is 232 g/mol. The molecule has 0 spiro atoms. The summed E-state index contributed by atoms with van der Waals surface area (Å²) in [6, 6.07) is 21.4. The van der Waals surface area contributed by atoms with Gasteiger partial charge in [0.15, 0.2) is 0 Å². The average Bonchev–Trinajstić information content (AvgIpc) is 2.43. The van der Waals surface area contributed by atoms with Gasteiger partial charge in [-0.25, -0.2) is 0 Å². The van der Waals surface area contributed by atoms with Crippen LogP contribution in [-0.2, 0) is 6.54 Å². The van der Waals surface area contributed by atoms with Crippen LogP contribution in [0.5, 0.6) is 0 Å². The third kappa shape index (κ3) is 3.15. The molecule has 98 valence electrons. The van der Waals surface area contributed by atoms with E-state index in [4.69, 9.17) is 0 Å².